The van der Waals surface area contributed by atoms with Crippen molar-refractivity contribution in [3.05, 3.63) is 65.2 Å². The van der Waals surface area contributed by atoms with E-state index in [0.29, 0.717) is 5.56 Å². The van der Waals surface area contributed by atoms with E-state index in [1.165, 1.54) is 18.2 Å². The van der Waals surface area contributed by atoms with E-state index in [9.17, 15) is 8.78 Å². The molecule has 0 spiro atoms. The lowest BCUT2D eigenvalue weighted by Crippen LogP contribution is -2.30. The molecule has 3 N–H and O–H groups in total. The van der Waals surface area contributed by atoms with Gasteiger partial charge < -0.3 is 4.90 Å². The van der Waals surface area contributed by atoms with Gasteiger partial charge in [0.05, 0.1) is 6.04 Å². The summed E-state index contributed by atoms with van der Waals surface area (Å²) in [5.74, 6) is 4.26. The van der Waals surface area contributed by atoms with E-state index in [0.717, 1.165) is 5.69 Å². The van der Waals surface area contributed by atoms with Crippen LogP contribution >= 0.6 is 0 Å². The molecule has 5 heteroatoms. The number of nitrogens with zero attached hydrogens (tertiary/aromatic N) is 1. The van der Waals surface area contributed by atoms with Gasteiger partial charge in [-0.2, -0.15) is 0 Å². The number of hydrazine groups is 1. The van der Waals surface area contributed by atoms with Crippen LogP contribution in [0.1, 0.15) is 17.2 Å². The zero-order valence-electron chi connectivity index (χ0n) is 11.4. The van der Waals surface area contributed by atoms with Gasteiger partial charge in [-0.25, -0.2) is 14.2 Å². The van der Waals surface area contributed by atoms with E-state index in [4.69, 9.17) is 5.84 Å². The summed E-state index contributed by atoms with van der Waals surface area (Å²) in [7, 11) is 3.79. The average Bonchev–Trinajstić information content (AvgIpc) is 2.43. The zero-order valence-corrected chi connectivity index (χ0v) is 11.4. The minimum atomic E-state index is -0.740. The Balaban J connectivity index is 2.50. The molecule has 0 fully saturated rings. The van der Waals surface area contributed by atoms with Crippen LogP contribution in [0.25, 0.3) is 0 Å². The summed E-state index contributed by atoms with van der Waals surface area (Å²) < 4.78 is 27.8. The summed E-state index contributed by atoms with van der Waals surface area (Å²) >= 11 is 0. The molecule has 2 aromatic carbocycles. The first-order valence-corrected chi connectivity index (χ1v) is 6.22. The van der Waals surface area contributed by atoms with Crippen LogP contribution < -0.4 is 16.2 Å². The Labute approximate surface area is 117 Å². The van der Waals surface area contributed by atoms with E-state index in [-0.39, 0.29) is 5.56 Å². The van der Waals surface area contributed by atoms with Crippen LogP contribution in [0.15, 0.2) is 42.5 Å². The van der Waals surface area contributed by atoms with Gasteiger partial charge in [-0.1, -0.05) is 18.2 Å². The lowest BCUT2D eigenvalue weighted by Gasteiger charge is -2.20. The van der Waals surface area contributed by atoms with Crippen LogP contribution in [-0.2, 0) is 0 Å². The lowest BCUT2D eigenvalue weighted by molar-refractivity contribution is 0.510. The molecule has 1 atom stereocenters. The van der Waals surface area contributed by atoms with Crippen molar-refractivity contribution in [2.75, 3.05) is 19.0 Å². The fourth-order valence-electron chi connectivity index (χ4n) is 2.12. The smallest absolute Gasteiger partial charge is 0.131 e. The number of hydrogen-bond donors (Lipinski definition) is 2. The van der Waals surface area contributed by atoms with Gasteiger partial charge in [0.25, 0.3) is 0 Å². The van der Waals surface area contributed by atoms with Crippen molar-refractivity contribution in [3.63, 3.8) is 0 Å². The summed E-state index contributed by atoms with van der Waals surface area (Å²) in [4.78, 5) is 1.91. The molecule has 0 heterocycles. The molecule has 0 bridgehead atoms. The second-order valence-electron chi connectivity index (χ2n) is 4.72. The van der Waals surface area contributed by atoms with Crippen LogP contribution in [0.5, 0.6) is 0 Å². The summed E-state index contributed by atoms with van der Waals surface area (Å²) in [5.41, 5.74) is 4.03. The maximum atomic E-state index is 13.9. The van der Waals surface area contributed by atoms with Crippen LogP contribution in [0.2, 0.25) is 0 Å². The molecule has 0 aromatic heterocycles. The number of nitrogens with two attached hydrogens (primary N) is 1. The van der Waals surface area contributed by atoms with Crippen LogP contribution in [0.3, 0.4) is 0 Å². The zero-order chi connectivity index (χ0) is 14.7. The van der Waals surface area contributed by atoms with Gasteiger partial charge in [0.1, 0.15) is 11.6 Å². The molecule has 0 saturated heterocycles. The molecule has 3 nitrogen and oxygen atoms in total. The number of halogens is 2. The number of benzene rings is 2. The SMILES string of the molecule is CN(C)c1cccc(C(NN)c2c(F)cccc2F)c1. The van der Waals surface area contributed by atoms with Crippen LogP contribution in [0.4, 0.5) is 14.5 Å². The third kappa shape index (κ3) is 2.79. The molecule has 2 rings (SSSR count). The molecule has 2 aromatic rings. The highest BCUT2D eigenvalue weighted by molar-refractivity contribution is 5.49. The third-order valence-corrected chi connectivity index (χ3v) is 3.17. The number of nitrogens with one attached hydrogen (secondary N) is 1. The Hall–Kier alpha value is -1.98. The summed E-state index contributed by atoms with van der Waals surface area (Å²) in [6, 6.07) is 10.4. The van der Waals surface area contributed by atoms with Gasteiger partial charge in [-0.3, -0.25) is 5.84 Å². The molecule has 0 aliphatic carbocycles. The highest BCUT2D eigenvalue weighted by Crippen LogP contribution is 2.28. The second kappa shape index (κ2) is 5.98. The van der Waals surface area contributed by atoms with Gasteiger partial charge in [-0.05, 0) is 29.8 Å². The van der Waals surface area contributed by atoms with Crippen molar-refractivity contribution in [1.29, 1.82) is 0 Å². The largest absolute Gasteiger partial charge is 0.378 e. The minimum absolute atomic E-state index is 0.0779. The van der Waals surface area contributed by atoms with Crippen LogP contribution in [-0.4, -0.2) is 14.1 Å². The van der Waals surface area contributed by atoms with Crippen molar-refractivity contribution >= 4 is 5.69 Å². The van der Waals surface area contributed by atoms with Crippen molar-refractivity contribution in [1.82, 2.24) is 5.43 Å². The molecule has 0 aliphatic rings. The van der Waals surface area contributed by atoms with Crippen molar-refractivity contribution in [2.24, 2.45) is 5.84 Å². The van der Waals surface area contributed by atoms with Crippen molar-refractivity contribution < 1.29 is 8.78 Å². The van der Waals surface area contributed by atoms with Gasteiger partial charge >= 0.3 is 0 Å². The molecule has 1 unspecified atom stereocenters. The Bertz CT molecular complexity index is 579. The Kier molecular flexibility index (Phi) is 4.32. The molecular formula is C15H17F2N3. The van der Waals surface area contributed by atoms with E-state index >= 15 is 0 Å². The number of anilines is 1. The van der Waals surface area contributed by atoms with E-state index in [2.05, 4.69) is 5.43 Å². The third-order valence-electron chi connectivity index (χ3n) is 3.17. The fourth-order valence-corrected chi connectivity index (χ4v) is 2.12. The molecular weight excluding hydrogens is 260 g/mol. The van der Waals surface area contributed by atoms with Crippen LogP contribution in [0, 0.1) is 11.6 Å². The standard InChI is InChI=1S/C15H17F2N3/c1-20(2)11-6-3-5-10(9-11)15(19-18)14-12(16)7-4-8-13(14)17/h3-9,15,19H,18H2,1-2H3. The van der Waals surface area contributed by atoms with Gasteiger partial charge in [0.15, 0.2) is 0 Å². The fraction of sp³-hybridized carbons (Fsp3) is 0.200. The van der Waals surface area contributed by atoms with Gasteiger partial charge in [0, 0.05) is 25.3 Å². The topological polar surface area (TPSA) is 41.3 Å². The van der Waals surface area contributed by atoms with E-state index < -0.39 is 17.7 Å². The first-order valence-electron chi connectivity index (χ1n) is 6.22. The monoisotopic (exact) mass is 277 g/mol. The maximum Gasteiger partial charge on any atom is 0.131 e. The second-order valence-corrected chi connectivity index (χ2v) is 4.72. The number of rotatable bonds is 4. The Morgan fingerprint density at radius 2 is 1.65 bits per heavy atom. The predicted molar refractivity (Wildman–Crippen MR) is 76.3 cm³/mol. The first kappa shape index (κ1) is 14.4. The highest BCUT2D eigenvalue weighted by Gasteiger charge is 2.21. The maximum absolute atomic E-state index is 13.9. The molecule has 0 aliphatic heterocycles. The Morgan fingerprint density at radius 3 is 2.20 bits per heavy atom. The molecule has 20 heavy (non-hydrogen) atoms. The molecule has 0 saturated carbocycles. The summed E-state index contributed by atoms with van der Waals surface area (Å²) in [6.07, 6.45) is 0. The summed E-state index contributed by atoms with van der Waals surface area (Å²) in [6.45, 7) is 0. The highest BCUT2D eigenvalue weighted by atomic mass is 19.1. The van der Waals surface area contributed by atoms with Crippen molar-refractivity contribution in [2.45, 2.75) is 6.04 Å². The minimum Gasteiger partial charge on any atom is -0.378 e. The predicted octanol–water partition coefficient (Wildman–Crippen LogP) is 2.58. The average molecular weight is 277 g/mol. The summed E-state index contributed by atoms with van der Waals surface area (Å²) in [5, 5.41) is 0. The lowest BCUT2D eigenvalue weighted by atomic mass is 9.97. The number of hydrogen-bond acceptors (Lipinski definition) is 3. The van der Waals surface area contributed by atoms with E-state index in [1.807, 2.05) is 37.2 Å². The van der Waals surface area contributed by atoms with E-state index in [1.54, 1.807) is 6.07 Å². The Morgan fingerprint density at radius 1 is 1.05 bits per heavy atom. The molecule has 106 valence electrons. The van der Waals surface area contributed by atoms with Gasteiger partial charge in [-0.15, -0.1) is 0 Å². The molecule has 0 radical (unpaired) electrons. The first-order chi connectivity index (χ1) is 9.54. The molecule has 0 amide bonds. The quantitative estimate of drug-likeness (QED) is 0.666. The normalized spacial score (nSPS) is 12.2. The van der Waals surface area contributed by atoms with Gasteiger partial charge in [0.2, 0.25) is 0 Å². The van der Waals surface area contributed by atoms with Crippen molar-refractivity contribution in [3.8, 4) is 0 Å².